The van der Waals surface area contributed by atoms with Crippen molar-refractivity contribution in [2.45, 2.75) is 32.2 Å². The molecule has 2 rings (SSSR count). The molecule has 0 aromatic carbocycles. The number of nitrogens with zero attached hydrogens (tertiary/aromatic N) is 2. The summed E-state index contributed by atoms with van der Waals surface area (Å²) in [5.41, 5.74) is 0.964. The Morgan fingerprint density at radius 2 is 2.56 bits per heavy atom. The lowest BCUT2D eigenvalue weighted by atomic mass is 10.1. The predicted octanol–water partition coefficient (Wildman–Crippen LogP) is 2.27. The summed E-state index contributed by atoms with van der Waals surface area (Å²) in [6.07, 6.45) is 7.28. The minimum absolute atomic E-state index is 0.0824. The molecule has 0 bridgehead atoms. The van der Waals surface area contributed by atoms with E-state index >= 15 is 0 Å². The minimum atomic E-state index is 0.0824. The Morgan fingerprint density at radius 3 is 3.19 bits per heavy atom. The first kappa shape index (κ1) is 11.5. The molecule has 4 nitrogen and oxygen atoms in total. The molecule has 1 aromatic heterocycles. The molecule has 1 aliphatic heterocycles. The average Bonchev–Trinajstić information content (AvgIpc) is 2.85. The van der Waals surface area contributed by atoms with E-state index in [9.17, 15) is 0 Å². The maximum atomic E-state index is 5.70. The smallest absolute Gasteiger partial charge is 0.115 e. The molecule has 0 fully saturated rings. The number of nitrogens with one attached hydrogen (secondary N) is 1. The van der Waals surface area contributed by atoms with Crippen LogP contribution < -0.4 is 5.32 Å². The first-order valence-electron chi connectivity index (χ1n) is 5.75. The molecule has 1 aromatic rings. The summed E-state index contributed by atoms with van der Waals surface area (Å²) in [6, 6.07) is 0.0824. The van der Waals surface area contributed by atoms with Gasteiger partial charge in [0.1, 0.15) is 11.8 Å². The normalized spacial score (nSPS) is 17.7. The summed E-state index contributed by atoms with van der Waals surface area (Å²) in [4.78, 5) is 0. The minimum Gasteiger partial charge on any atom is -0.496 e. The Bertz CT molecular complexity index is 337. The highest BCUT2D eigenvalue weighted by Crippen LogP contribution is 2.24. The van der Waals surface area contributed by atoms with E-state index in [1.54, 1.807) is 0 Å². The molecule has 0 saturated heterocycles. The number of hydrogen-bond donors (Lipinski definition) is 1. The molecule has 1 unspecified atom stereocenters. The highest BCUT2D eigenvalue weighted by molar-refractivity contribution is 6.99. The van der Waals surface area contributed by atoms with Crippen LogP contribution in [0.3, 0.4) is 0 Å². The predicted molar refractivity (Wildman–Crippen MR) is 64.2 cm³/mol. The van der Waals surface area contributed by atoms with Crippen molar-refractivity contribution in [3.8, 4) is 0 Å². The van der Waals surface area contributed by atoms with Gasteiger partial charge < -0.3 is 10.1 Å². The fourth-order valence-electron chi connectivity index (χ4n) is 1.72. The summed E-state index contributed by atoms with van der Waals surface area (Å²) in [6.45, 7) is 3.93. The highest BCUT2D eigenvalue weighted by Gasteiger charge is 2.21. The Labute approximate surface area is 100 Å². The molecule has 88 valence electrons. The van der Waals surface area contributed by atoms with Crippen LogP contribution >= 0.6 is 11.7 Å². The van der Waals surface area contributed by atoms with Crippen LogP contribution in [-0.2, 0) is 4.74 Å². The van der Waals surface area contributed by atoms with Crippen LogP contribution in [0, 0.1) is 0 Å². The van der Waals surface area contributed by atoms with Gasteiger partial charge in [-0.15, -0.1) is 0 Å². The second kappa shape index (κ2) is 5.96. The van der Waals surface area contributed by atoms with Gasteiger partial charge in [0, 0.05) is 0 Å². The topological polar surface area (TPSA) is 47.0 Å². The zero-order chi connectivity index (χ0) is 11.2. The molecule has 2 heterocycles. The van der Waals surface area contributed by atoms with E-state index in [0.29, 0.717) is 0 Å². The highest BCUT2D eigenvalue weighted by atomic mass is 32.1. The molecule has 0 radical (unpaired) electrons. The molecule has 5 heteroatoms. The third-order valence-corrected chi connectivity index (χ3v) is 3.01. The number of ether oxygens (including phenoxy) is 1. The molecule has 0 amide bonds. The summed E-state index contributed by atoms with van der Waals surface area (Å²) < 4.78 is 14.0. The molecule has 0 aliphatic carbocycles. The van der Waals surface area contributed by atoms with Gasteiger partial charge in [-0.1, -0.05) is 6.92 Å². The largest absolute Gasteiger partial charge is 0.496 e. The Balaban J connectivity index is 2.10. The second-order valence-corrected chi connectivity index (χ2v) is 4.37. The van der Waals surface area contributed by atoms with Gasteiger partial charge in [-0.25, -0.2) is 0 Å². The van der Waals surface area contributed by atoms with Crippen LogP contribution in [-0.4, -0.2) is 21.9 Å². The van der Waals surface area contributed by atoms with E-state index in [-0.39, 0.29) is 6.04 Å². The summed E-state index contributed by atoms with van der Waals surface area (Å²) in [5, 5.41) is 3.45. The van der Waals surface area contributed by atoms with Crippen molar-refractivity contribution >= 4 is 11.7 Å². The monoisotopic (exact) mass is 239 g/mol. The van der Waals surface area contributed by atoms with Crippen molar-refractivity contribution in [3.05, 3.63) is 23.7 Å². The molecule has 0 spiro atoms. The van der Waals surface area contributed by atoms with Crippen molar-refractivity contribution in [2.75, 3.05) is 13.2 Å². The first-order chi connectivity index (χ1) is 7.92. The zero-order valence-electron chi connectivity index (χ0n) is 9.48. The van der Waals surface area contributed by atoms with Gasteiger partial charge in [0.05, 0.1) is 30.2 Å². The number of rotatable bonds is 5. The van der Waals surface area contributed by atoms with Crippen LogP contribution in [0.4, 0.5) is 0 Å². The van der Waals surface area contributed by atoms with Gasteiger partial charge >= 0.3 is 0 Å². The summed E-state index contributed by atoms with van der Waals surface area (Å²) >= 11 is 1.24. The average molecular weight is 239 g/mol. The fraction of sp³-hybridized carbons (Fsp3) is 0.636. The van der Waals surface area contributed by atoms with Crippen LogP contribution in [0.1, 0.15) is 37.9 Å². The molecule has 1 aliphatic rings. The molecule has 1 atom stereocenters. The molecule has 16 heavy (non-hydrogen) atoms. The van der Waals surface area contributed by atoms with Crippen molar-refractivity contribution in [3.63, 3.8) is 0 Å². The van der Waals surface area contributed by atoms with Crippen molar-refractivity contribution < 1.29 is 4.74 Å². The fourth-order valence-corrected chi connectivity index (χ4v) is 2.17. The van der Waals surface area contributed by atoms with E-state index < -0.39 is 0 Å². The lowest BCUT2D eigenvalue weighted by Crippen LogP contribution is -2.26. The van der Waals surface area contributed by atoms with Crippen molar-refractivity contribution in [2.24, 2.45) is 0 Å². The van der Waals surface area contributed by atoms with Crippen molar-refractivity contribution in [1.82, 2.24) is 14.1 Å². The maximum Gasteiger partial charge on any atom is 0.115 e. The quantitative estimate of drug-likeness (QED) is 0.856. The number of hydrogen-bond acceptors (Lipinski definition) is 5. The molecular formula is C11H17N3OS. The lowest BCUT2D eigenvalue weighted by molar-refractivity contribution is 0.167. The van der Waals surface area contributed by atoms with Gasteiger partial charge in [-0.05, 0) is 31.9 Å². The third kappa shape index (κ3) is 2.80. The van der Waals surface area contributed by atoms with E-state index in [0.717, 1.165) is 43.9 Å². The van der Waals surface area contributed by atoms with Crippen molar-refractivity contribution in [1.29, 1.82) is 0 Å². The Morgan fingerprint density at radius 1 is 1.62 bits per heavy atom. The Hall–Kier alpha value is -0.940. The number of allylic oxidation sites excluding steroid dienone is 1. The van der Waals surface area contributed by atoms with E-state index in [4.69, 9.17) is 4.74 Å². The van der Waals surface area contributed by atoms with E-state index in [2.05, 4.69) is 27.1 Å². The number of aromatic nitrogens is 2. The maximum absolute atomic E-state index is 5.70. The van der Waals surface area contributed by atoms with Gasteiger partial charge in [0.2, 0.25) is 0 Å². The zero-order valence-corrected chi connectivity index (χ0v) is 10.3. The third-order valence-electron chi connectivity index (χ3n) is 2.52. The first-order valence-corrected chi connectivity index (χ1v) is 6.48. The van der Waals surface area contributed by atoms with E-state index in [1.165, 1.54) is 11.7 Å². The van der Waals surface area contributed by atoms with Crippen LogP contribution in [0.5, 0.6) is 0 Å². The van der Waals surface area contributed by atoms with E-state index in [1.807, 2.05) is 6.20 Å². The molecular weight excluding hydrogens is 222 g/mol. The second-order valence-electron chi connectivity index (χ2n) is 3.82. The van der Waals surface area contributed by atoms with Gasteiger partial charge in [-0.2, -0.15) is 8.75 Å². The van der Waals surface area contributed by atoms with Gasteiger partial charge in [0.25, 0.3) is 0 Å². The Kier molecular flexibility index (Phi) is 4.30. The SMILES string of the molecule is CCCNC(C1=CCCCO1)c1cnsn1. The molecule has 1 N–H and O–H groups in total. The lowest BCUT2D eigenvalue weighted by Gasteiger charge is -2.23. The van der Waals surface area contributed by atoms with Crippen LogP contribution in [0.2, 0.25) is 0 Å². The van der Waals surface area contributed by atoms with Crippen LogP contribution in [0.15, 0.2) is 18.0 Å². The van der Waals surface area contributed by atoms with Crippen LogP contribution in [0.25, 0.3) is 0 Å². The van der Waals surface area contributed by atoms with Gasteiger partial charge in [0.15, 0.2) is 0 Å². The molecule has 0 saturated carbocycles. The summed E-state index contributed by atoms with van der Waals surface area (Å²) in [5.74, 6) is 1.01. The standard InChI is InChI=1S/C11H17N3OS/c1-2-6-12-11(9-8-13-16-14-9)10-5-3-4-7-15-10/h5,8,11-12H,2-4,6-7H2,1H3. The summed E-state index contributed by atoms with van der Waals surface area (Å²) in [7, 11) is 0. The van der Waals surface area contributed by atoms with Gasteiger partial charge in [-0.3, -0.25) is 0 Å².